The van der Waals surface area contributed by atoms with E-state index in [1.54, 1.807) is 0 Å². The quantitative estimate of drug-likeness (QED) is 0.709. The number of hydrogen-bond acceptors (Lipinski definition) is 3. The number of para-hydroxylation sites is 2. The van der Waals surface area contributed by atoms with Gasteiger partial charge in [-0.25, -0.2) is 4.98 Å². The number of rotatable bonds is 4. The van der Waals surface area contributed by atoms with Crippen molar-refractivity contribution in [1.82, 2.24) is 14.5 Å². The third-order valence-electron chi connectivity index (χ3n) is 7.95. The summed E-state index contributed by atoms with van der Waals surface area (Å²) in [5.74, 6) is 2.10. The van der Waals surface area contributed by atoms with Crippen LogP contribution in [-0.4, -0.2) is 34.1 Å². The van der Waals surface area contributed by atoms with Gasteiger partial charge in [-0.05, 0) is 56.6 Å². The molecule has 1 aliphatic heterocycles. The van der Waals surface area contributed by atoms with Crippen molar-refractivity contribution < 1.29 is 0 Å². The number of fused-ring (bicyclic) bond motifs is 1. The first-order chi connectivity index (χ1) is 14.2. The number of aromatic nitrogens is 2. The Morgan fingerprint density at radius 3 is 2.31 bits per heavy atom. The van der Waals surface area contributed by atoms with Gasteiger partial charge < -0.3 is 15.2 Å². The molecule has 2 aromatic rings. The lowest BCUT2D eigenvalue weighted by Crippen LogP contribution is -2.41. The third kappa shape index (κ3) is 3.98. The molecule has 1 saturated heterocycles. The van der Waals surface area contributed by atoms with E-state index in [1.165, 1.54) is 95.2 Å². The molecule has 0 spiro atoms. The van der Waals surface area contributed by atoms with Gasteiger partial charge in [0.2, 0.25) is 0 Å². The molecule has 2 saturated carbocycles. The average molecular weight is 395 g/mol. The lowest BCUT2D eigenvalue weighted by Gasteiger charge is -2.37. The molecule has 1 aromatic heterocycles. The highest BCUT2D eigenvalue weighted by molar-refractivity contribution is 5.76. The molecule has 3 fully saturated rings. The van der Waals surface area contributed by atoms with Gasteiger partial charge in [0.05, 0.1) is 16.6 Å². The molecule has 1 aromatic carbocycles. The molecular formula is C25H38N4. The fourth-order valence-electron chi connectivity index (χ4n) is 6.27. The van der Waals surface area contributed by atoms with Crippen LogP contribution < -0.4 is 5.73 Å². The predicted octanol–water partition coefficient (Wildman–Crippen LogP) is 5.37. The van der Waals surface area contributed by atoms with Crippen LogP contribution in [0.2, 0.25) is 0 Å². The Hall–Kier alpha value is -1.39. The van der Waals surface area contributed by atoms with Crippen molar-refractivity contribution in [3.63, 3.8) is 0 Å². The molecule has 4 nitrogen and oxygen atoms in total. The van der Waals surface area contributed by atoms with Crippen molar-refractivity contribution in [2.24, 2.45) is 11.7 Å². The highest BCUT2D eigenvalue weighted by atomic mass is 15.2. The van der Waals surface area contributed by atoms with Gasteiger partial charge in [-0.2, -0.15) is 0 Å². The van der Waals surface area contributed by atoms with Crippen LogP contribution >= 0.6 is 0 Å². The molecule has 5 rings (SSSR count). The van der Waals surface area contributed by atoms with Crippen LogP contribution in [0.1, 0.15) is 88.9 Å². The van der Waals surface area contributed by atoms with Gasteiger partial charge in [-0.1, -0.05) is 50.7 Å². The maximum Gasteiger partial charge on any atom is 0.130 e. The molecule has 2 N–H and O–H groups in total. The molecule has 0 radical (unpaired) electrons. The zero-order valence-electron chi connectivity index (χ0n) is 18.0. The Balaban J connectivity index is 1.34. The summed E-state index contributed by atoms with van der Waals surface area (Å²) < 4.78 is 2.56. The van der Waals surface area contributed by atoms with Gasteiger partial charge in [0.1, 0.15) is 5.82 Å². The normalized spacial score (nSPS) is 24.9. The second-order valence-electron chi connectivity index (χ2n) is 10.0. The van der Waals surface area contributed by atoms with Gasteiger partial charge in [0.15, 0.2) is 0 Å². The fourth-order valence-corrected chi connectivity index (χ4v) is 6.27. The van der Waals surface area contributed by atoms with E-state index in [1.807, 2.05) is 0 Å². The molecule has 158 valence electrons. The van der Waals surface area contributed by atoms with Gasteiger partial charge in [0.25, 0.3) is 0 Å². The number of piperidine rings is 1. The minimum Gasteiger partial charge on any atom is -0.323 e. The zero-order valence-corrected chi connectivity index (χ0v) is 18.0. The standard InChI is InChI=1S/C25H38N4/c26-25(15-7-8-16-25)24-27-22-11-5-6-12-23(22)29(24)21-13-17-28(18-14-21)19-20-9-3-1-2-4-10-20/h5-6,11-12,20-21H,1-4,7-10,13-19,26H2. The summed E-state index contributed by atoms with van der Waals surface area (Å²) in [7, 11) is 0. The van der Waals surface area contributed by atoms with Crippen LogP contribution in [0.4, 0.5) is 0 Å². The minimum atomic E-state index is -0.226. The lowest BCUT2D eigenvalue weighted by molar-refractivity contribution is 0.155. The number of hydrogen-bond donors (Lipinski definition) is 1. The Morgan fingerprint density at radius 1 is 0.897 bits per heavy atom. The molecule has 0 bridgehead atoms. The second kappa shape index (κ2) is 8.39. The molecule has 29 heavy (non-hydrogen) atoms. The summed E-state index contributed by atoms with van der Waals surface area (Å²) >= 11 is 0. The van der Waals surface area contributed by atoms with E-state index >= 15 is 0 Å². The van der Waals surface area contributed by atoms with E-state index in [0.717, 1.165) is 24.3 Å². The van der Waals surface area contributed by atoms with Crippen molar-refractivity contribution in [3.05, 3.63) is 30.1 Å². The van der Waals surface area contributed by atoms with Gasteiger partial charge in [0, 0.05) is 25.7 Å². The summed E-state index contributed by atoms with van der Waals surface area (Å²) in [6.07, 6.45) is 15.8. The van der Waals surface area contributed by atoms with Crippen molar-refractivity contribution >= 4 is 11.0 Å². The molecule has 0 atom stereocenters. The molecular weight excluding hydrogens is 356 g/mol. The number of imidazole rings is 1. The monoisotopic (exact) mass is 394 g/mol. The Labute approximate surface area is 175 Å². The Morgan fingerprint density at radius 2 is 1.59 bits per heavy atom. The van der Waals surface area contributed by atoms with E-state index in [-0.39, 0.29) is 5.54 Å². The van der Waals surface area contributed by atoms with Gasteiger partial charge in [-0.15, -0.1) is 0 Å². The predicted molar refractivity (Wildman–Crippen MR) is 120 cm³/mol. The van der Waals surface area contributed by atoms with Crippen molar-refractivity contribution in [2.45, 2.75) is 88.6 Å². The molecule has 2 heterocycles. The molecule has 0 amide bonds. The third-order valence-corrected chi connectivity index (χ3v) is 7.95. The van der Waals surface area contributed by atoms with Gasteiger partial charge >= 0.3 is 0 Å². The summed E-state index contributed by atoms with van der Waals surface area (Å²) in [6, 6.07) is 9.22. The SMILES string of the molecule is NC1(c2nc3ccccc3n2C2CCN(CC3CCCCCC3)CC2)CCCC1. The van der Waals surface area contributed by atoms with Crippen molar-refractivity contribution in [2.75, 3.05) is 19.6 Å². The molecule has 0 unspecified atom stereocenters. The van der Waals surface area contributed by atoms with Crippen LogP contribution in [0.25, 0.3) is 11.0 Å². The first kappa shape index (κ1) is 19.6. The van der Waals surface area contributed by atoms with E-state index in [9.17, 15) is 0 Å². The lowest BCUT2D eigenvalue weighted by atomic mass is 9.95. The fraction of sp³-hybridized carbons (Fsp3) is 0.720. The van der Waals surface area contributed by atoms with E-state index in [2.05, 4.69) is 33.7 Å². The first-order valence-corrected chi connectivity index (χ1v) is 12.2. The van der Waals surface area contributed by atoms with Crippen LogP contribution in [0.3, 0.4) is 0 Å². The number of likely N-dealkylation sites (tertiary alicyclic amines) is 1. The van der Waals surface area contributed by atoms with E-state index in [4.69, 9.17) is 10.7 Å². The summed E-state index contributed by atoms with van der Waals surface area (Å²) in [5.41, 5.74) is 9.12. The van der Waals surface area contributed by atoms with E-state index in [0.29, 0.717) is 6.04 Å². The molecule has 2 aliphatic carbocycles. The largest absolute Gasteiger partial charge is 0.323 e. The number of nitrogens with zero attached hydrogens (tertiary/aromatic N) is 3. The summed E-state index contributed by atoms with van der Waals surface area (Å²) in [6.45, 7) is 3.78. The number of nitrogens with two attached hydrogens (primary N) is 1. The average Bonchev–Trinajstić information content (AvgIpc) is 3.27. The van der Waals surface area contributed by atoms with Crippen molar-refractivity contribution in [1.29, 1.82) is 0 Å². The van der Waals surface area contributed by atoms with Crippen LogP contribution in [0, 0.1) is 5.92 Å². The van der Waals surface area contributed by atoms with Crippen LogP contribution in [-0.2, 0) is 5.54 Å². The maximum absolute atomic E-state index is 6.92. The van der Waals surface area contributed by atoms with Crippen LogP contribution in [0.15, 0.2) is 24.3 Å². The van der Waals surface area contributed by atoms with Gasteiger partial charge in [-0.3, -0.25) is 0 Å². The van der Waals surface area contributed by atoms with Crippen molar-refractivity contribution in [3.8, 4) is 0 Å². The molecule has 3 aliphatic rings. The molecule has 4 heteroatoms. The first-order valence-electron chi connectivity index (χ1n) is 12.2. The second-order valence-corrected chi connectivity index (χ2v) is 10.0. The number of benzene rings is 1. The van der Waals surface area contributed by atoms with Crippen LogP contribution in [0.5, 0.6) is 0 Å². The summed E-state index contributed by atoms with van der Waals surface area (Å²) in [5, 5.41) is 0. The van der Waals surface area contributed by atoms with E-state index < -0.39 is 0 Å². The highest BCUT2D eigenvalue weighted by Gasteiger charge is 2.38. The smallest absolute Gasteiger partial charge is 0.130 e. The Bertz CT molecular complexity index is 803. The topological polar surface area (TPSA) is 47.1 Å². The summed E-state index contributed by atoms with van der Waals surface area (Å²) in [4.78, 5) is 7.84. The Kier molecular flexibility index (Phi) is 5.66. The minimum absolute atomic E-state index is 0.226. The zero-order chi connectivity index (χ0) is 19.7. The maximum atomic E-state index is 6.92. The highest BCUT2D eigenvalue weighted by Crippen LogP contribution is 2.40.